The van der Waals surface area contributed by atoms with E-state index < -0.39 is 0 Å². The second-order valence-electron chi connectivity index (χ2n) is 6.52. The number of hydrogen-bond donors (Lipinski definition) is 0. The molecular formula is C21H19N3O2. The monoisotopic (exact) mass is 345 g/mol. The zero-order chi connectivity index (χ0) is 18.4. The molecule has 0 aliphatic carbocycles. The molecule has 0 bridgehead atoms. The van der Waals surface area contributed by atoms with Crippen LogP contribution in [-0.2, 0) is 14.1 Å². The molecular weight excluding hydrogens is 326 g/mol. The molecule has 5 heteroatoms. The summed E-state index contributed by atoms with van der Waals surface area (Å²) in [7, 11) is 3.21. The average Bonchev–Trinajstić information content (AvgIpc) is 3.06. The van der Waals surface area contributed by atoms with Crippen LogP contribution in [0.5, 0.6) is 0 Å². The molecule has 4 aromatic rings. The third kappa shape index (κ3) is 2.32. The number of benzene rings is 2. The van der Waals surface area contributed by atoms with Gasteiger partial charge in [0, 0.05) is 26.0 Å². The molecule has 0 unspecified atom stereocenters. The van der Waals surface area contributed by atoms with Gasteiger partial charge in [-0.1, -0.05) is 48.0 Å². The van der Waals surface area contributed by atoms with Crippen molar-refractivity contribution in [3.05, 3.63) is 87.2 Å². The first-order chi connectivity index (χ1) is 12.5. The Morgan fingerprint density at radius 2 is 1.46 bits per heavy atom. The Kier molecular flexibility index (Phi) is 3.65. The van der Waals surface area contributed by atoms with Crippen molar-refractivity contribution >= 4 is 10.9 Å². The number of aromatic nitrogens is 3. The lowest BCUT2D eigenvalue weighted by Gasteiger charge is -2.10. The van der Waals surface area contributed by atoms with Crippen molar-refractivity contribution in [3.63, 3.8) is 0 Å². The van der Waals surface area contributed by atoms with Crippen LogP contribution in [0.2, 0.25) is 0 Å². The molecule has 0 atom stereocenters. The Morgan fingerprint density at radius 3 is 2.12 bits per heavy atom. The van der Waals surface area contributed by atoms with Crippen molar-refractivity contribution in [3.8, 4) is 16.9 Å². The van der Waals surface area contributed by atoms with Gasteiger partial charge < -0.3 is 4.57 Å². The van der Waals surface area contributed by atoms with Crippen molar-refractivity contribution in [2.75, 3.05) is 0 Å². The van der Waals surface area contributed by atoms with Gasteiger partial charge >= 0.3 is 5.69 Å². The van der Waals surface area contributed by atoms with Gasteiger partial charge in [-0.3, -0.25) is 13.9 Å². The van der Waals surface area contributed by atoms with E-state index in [0.717, 1.165) is 27.1 Å². The van der Waals surface area contributed by atoms with Gasteiger partial charge in [0.2, 0.25) is 0 Å². The van der Waals surface area contributed by atoms with Gasteiger partial charge in [-0.15, -0.1) is 0 Å². The first-order valence-corrected chi connectivity index (χ1v) is 8.42. The van der Waals surface area contributed by atoms with Crippen molar-refractivity contribution < 1.29 is 0 Å². The maximum Gasteiger partial charge on any atom is 0.330 e. The van der Waals surface area contributed by atoms with E-state index in [0.29, 0.717) is 10.9 Å². The fourth-order valence-electron chi connectivity index (χ4n) is 3.33. The highest BCUT2D eigenvalue weighted by Crippen LogP contribution is 2.30. The largest absolute Gasteiger partial charge is 0.330 e. The summed E-state index contributed by atoms with van der Waals surface area (Å²) in [5.74, 6) is 0. The molecule has 0 aliphatic rings. The lowest BCUT2D eigenvalue weighted by molar-refractivity contribution is 0.714. The summed E-state index contributed by atoms with van der Waals surface area (Å²) >= 11 is 0. The quantitative estimate of drug-likeness (QED) is 0.561. The van der Waals surface area contributed by atoms with Crippen molar-refractivity contribution in [2.45, 2.75) is 6.92 Å². The standard InChI is InChI=1S/C21H19N3O2/c1-14-9-11-16(12-10-14)24-13-17-18(19(24)15-7-5-4-6-8-15)20(25)23(3)21(26)22(17)2/h4-13H,1-3H3. The normalized spacial score (nSPS) is 11.2. The molecule has 130 valence electrons. The molecule has 2 aromatic heterocycles. The van der Waals surface area contributed by atoms with Crippen molar-refractivity contribution in [1.82, 2.24) is 13.7 Å². The van der Waals surface area contributed by atoms with Crippen LogP contribution in [0.3, 0.4) is 0 Å². The molecule has 0 aliphatic heterocycles. The number of rotatable bonds is 2. The number of fused-ring (bicyclic) bond motifs is 1. The van der Waals surface area contributed by atoms with Crippen LogP contribution in [0.25, 0.3) is 27.8 Å². The second kappa shape index (κ2) is 5.88. The summed E-state index contributed by atoms with van der Waals surface area (Å²) < 4.78 is 4.67. The SMILES string of the molecule is Cc1ccc(-n2cc3c(c2-c2ccccc2)c(=O)n(C)c(=O)n3C)cc1. The maximum absolute atomic E-state index is 12.9. The van der Waals surface area contributed by atoms with Gasteiger partial charge in [0.1, 0.15) is 0 Å². The van der Waals surface area contributed by atoms with E-state index in [4.69, 9.17) is 0 Å². The van der Waals surface area contributed by atoms with Crippen LogP contribution in [0.4, 0.5) is 0 Å². The first-order valence-electron chi connectivity index (χ1n) is 8.42. The second-order valence-corrected chi connectivity index (χ2v) is 6.52. The van der Waals surface area contributed by atoms with Gasteiger partial charge in [-0.05, 0) is 24.6 Å². The third-order valence-electron chi connectivity index (χ3n) is 4.80. The Balaban J connectivity index is 2.20. The van der Waals surface area contributed by atoms with E-state index in [9.17, 15) is 9.59 Å². The number of nitrogens with zero attached hydrogens (tertiary/aromatic N) is 3. The summed E-state index contributed by atoms with van der Waals surface area (Å²) in [6, 6.07) is 17.9. The highest BCUT2D eigenvalue weighted by molar-refractivity contribution is 5.94. The lowest BCUT2D eigenvalue weighted by Crippen LogP contribution is -2.36. The minimum absolute atomic E-state index is 0.284. The zero-order valence-electron chi connectivity index (χ0n) is 14.9. The van der Waals surface area contributed by atoms with Gasteiger partial charge in [0.15, 0.2) is 0 Å². The van der Waals surface area contributed by atoms with E-state index in [2.05, 4.69) is 0 Å². The Bertz CT molecular complexity index is 1230. The van der Waals surface area contributed by atoms with Crippen LogP contribution in [-0.4, -0.2) is 13.7 Å². The molecule has 2 heterocycles. The fourth-order valence-corrected chi connectivity index (χ4v) is 3.33. The molecule has 26 heavy (non-hydrogen) atoms. The molecule has 0 spiro atoms. The molecule has 0 fully saturated rings. The topological polar surface area (TPSA) is 48.9 Å². The molecule has 5 nitrogen and oxygen atoms in total. The molecule has 2 aromatic carbocycles. The van der Waals surface area contributed by atoms with Crippen LogP contribution in [0.1, 0.15) is 5.56 Å². The van der Waals surface area contributed by atoms with E-state index in [1.165, 1.54) is 11.6 Å². The molecule has 0 saturated heterocycles. The summed E-state index contributed by atoms with van der Waals surface area (Å²) in [6.07, 6.45) is 1.87. The van der Waals surface area contributed by atoms with Crippen LogP contribution < -0.4 is 11.2 Å². The summed E-state index contributed by atoms with van der Waals surface area (Å²) in [5, 5.41) is 0.543. The van der Waals surface area contributed by atoms with Crippen molar-refractivity contribution in [1.29, 1.82) is 0 Å². The minimum Gasteiger partial charge on any atom is -0.314 e. The van der Waals surface area contributed by atoms with Crippen LogP contribution in [0, 0.1) is 6.92 Å². The molecule has 0 saturated carbocycles. The first kappa shape index (κ1) is 16.1. The molecule has 0 amide bonds. The number of aryl methyl sites for hydroxylation is 2. The van der Waals surface area contributed by atoms with E-state index in [-0.39, 0.29) is 11.2 Å². The Morgan fingerprint density at radius 1 is 0.808 bits per heavy atom. The molecule has 4 rings (SSSR count). The Hall–Kier alpha value is -3.34. The van der Waals surface area contributed by atoms with E-state index in [1.807, 2.05) is 72.3 Å². The van der Waals surface area contributed by atoms with Gasteiger partial charge in [-0.25, -0.2) is 4.79 Å². The van der Waals surface area contributed by atoms with Crippen molar-refractivity contribution in [2.24, 2.45) is 14.1 Å². The minimum atomic E-state index is -0.330. The molecule has 0 N–H and O–H groups in total. The van der Waals surface area contributed by atoms with Gasteiger partial charge in [0.25, 0.3) is 5.56 Å². The fraction of sp³-hybridized carbons (Fsp3) is 0.143. The number of hydrogen-bond acceptors (Lipinski definition) is 2. The Labute approximate surface area is 150 Å². The summed E-state index contributed by atoms with van der Waals surface area (Å²) in [6.45, 7) is 2.04. The summed E-state index contributed by atoms with van der Waals surface area (Å²) in [5.41, 5.74) is 3.84. The van der Waals surface area contributed by atoms with Crippen LogP contribution in [0.15, 0.2) is 70.4 Å². The van der Waals surface area contributed by atoms with Crippen LogP contribution >= 0.6 is 0 Å². The predicted molar refractivity (Wildman–Crippen MR) is 104 cm³/mol. The predicted octanol–water partition coefficient (Wildman–Crippen LogP) is 3.00. The molecule has 0 radical (unpaired) electrons. The average molecular weight is 345 g/mol. The summed E-state index contributed by atoms with van der Waals surface area (Å²) in [4.78, 5) is 25.3. The smallest absolute Gasteiger partial charge is 0.314 e. The lowest BCUT2D eigenvalue weighted by atomic mass is 10.1. The van der Waals surface area contributed by atoms with E-state index >= 15 is 0 Å². The van der Waals surface area contributed by atoms with E-state index in [1.54, 1.807) is 7.05 Å². The van der Waals surface area contributed by atoms with Gasteiger partial charge in [0.05, 0.1) is 16.6 Å². The maximum atomic E-state index is 12.9. The zero-order valence-corrected chi connectivity index (χ0v) is 14.9. The highest BCUT2D eigenvalue weighted by atomic mass is 16.2. The third-order valence-corrected chi connectivity index (χ3v) is 4.80. The van der Waals surface area contributed by atoms with Gasteiger partial charge in [-0.2, -0.15) is 0 Å². The highest BCUT2D eigenvalue weighted by Gasteiger charge is 2.19.